The van der Waals surface area contributed by atoms with Gasteiger partial charge in [0.2, 0.25) is 5.95 Å². The maximum absolute atomic E-state index is 5.87. The van der Waals surface area contributed by atoms with Crippen LogP contribution in [0.15, 0.2) is 36.4 Å². The number of hydrogen-bond donors (Lipinski definition) is 3. The Balaban J connectivity index is 1.63. The van der Waals surface area contributed by atoms with Gasteiger partial charge in [-0.15, -0.1) is 0 Å². The van der Waals surface area contributed by atoms with E-state index in [9.17, 15) is 0 Å². The predicted octanol–water partition coefficient (Wildman–Crippen LogP) is 1.32. The average Bonchev–Trinajstić information content (AvgIpc) is 2.52. The van der Waals surface area contributed by atoms with Gasteiger partial charge in [0.05, 0.1) is 5.69 Å². The molecule has 1 aliphatic heterocycles. The van der Waals surface area contributed by atoms with Crippen molar-refractivity contribution in [2.24, 2.45) is 0 Å². The first-order valence-electron chi connectivity index (χ1n) is 7.99. The quantitative estimate of drug-likeness (QED) is 0.746. The summed E-state index contributed by atoms with van der Waals surface area (Å²) in [4.78, 5) is 10.9. The SMILES string of the molecule is CNC1CN(c2cc(CN[C@H](C)c3ccccc3)nc(N)n2)C1. The monoisotopic (exact) mass is 312 g/mol. The summed E-state index contributed by atoms with van der Waals surface area (Å²) in [5.74, 6) is 1.24. The van der Waals surface area contributed by atoms with Gasteiger partial charge in [0, 0.05) is 37.8 Å². The lowest BCUT2D eigenvalue weighted by atomic mass is 10.1. The Hall–Kier alpha value is -2.18. The Morgan fingerprint density at radius 3 is 2.70 bits per heavy atom. The molecule has 2 aromatic rings. The molecule has 3 rings (SSSR count). The highest BCUT2D eigenvalue weighted by molar-refractivity contribution is 5.46. The third kappa shape index (κ3) is 3.78. The second-order valence-electron chi connectivity index (χ2n) is 5.98. The maximum atomic E-state index is 5.87. The molecule has 23 heavy (non-hydrogen) atoms. The minimum atomic E-state index is 0.258. The number of likely N-dealkylation sites (N-methyl/N-ethyl adjacent to an activating group) is 1. The number of anilines is 2. The van der Waals surface area contributed by atoms with E-state index in [0.717, 1.165) is 24.6 Å². The van der Waals surface area contributed by atoms with E-state index in [1.54, 1.807) is 0 Å². The molecule has 1 atom stereocenters. The van der Waals surface area contributed by atoms with Gasteiger partial charge in [-0.2, -0.15) is 4.98 Å². The first-order valence-corrected chi connectivity index (χ1v) is 7.99. The maximum Gasteiger partial charge on any atom is 0.222 e. The van der Waals surface area contributed by atoms with Crippen LogP contribution in [0.3, 0.4) is 0 Å². The molecule has 0 radical (unpaired) electrons. The molecule has 1 aromatic carbocycles. The van der Waals surface area contributed by atoms with Gasteiger partial charge in [-0.25, -0.2) is 4.98 Å². The fourth-order valence-corrected chi connectivity index (χ4v) is 2.72. The van der Waals surface area contributed by atoms with Crippen LogP contribution in [0.2, 0.25) is 0 Å². The van der Waals surface area contributed by atoms with Gasteiger partial charge in [-0.05, 0) is 19.5 Å². The number of benzene rings is 1. The number of hydrogen-bond acceptors (Lipinski definition) is 6. The van der Waals surface area contributed by atoms with Crippen LogP contribution < -0.4 is 21.3 Å². The second kappa shape index (κ2) is 6.93. The van der Waals surface area contributed by atoms with Crippen molar-refractivity contribution in [3.8, 4) is 0 Å². The molecule has 4 N–H and O–H groups in total. The summed E-state index contributed by atoms with van der Waals surface area (Å²) >= 11 is 0. The number of nitrogens with two attached hydrogens (primary N) is 1. The molecular formula is C17H24N6. The predicted molar refractivity (Wildman–Crippen MR) is 93.2 cm³/mol. The Kier molecular flexibility index (Phi) is 4.73. The van der Waals surface area contributed by atoms with Crippen LogP contribution >= 0.6 is 0 Å². The molecule has 0 bridgehead atoms. The number of nitrogens with one attached hydrogen (secondary N) is 2. The van der Waals surface area contributed by atoms with E-state index in [0.29, 0.717) is 18.5 Å². The van der Waals surface area contributed by atoms with Gasteiger partial charge in [-0.3, -0.25) is 0 Å². The van der Waals surface area contributed by atoms with E-state index in [1.807, 2.05) is 19.2 Å². The average molecular weight is 312 g/mol. The molecule has 1 saturated heterocycles. The van der Waals surface area contributed by atoms with Crippen LogP contribution in [-0.4, -0.2) is 36.1 Å². The summed E-state index contributed by atoms with van der Waals surface area (Å²) in [5.41, 5.74) is 8.05. The number of aromatic nitrogens is 2. The molecule has 1 aliphatic rings. The molecular weight excluding hydrogens is 288 g/mol. The molecule has 0 aliphatic carbocycles. The van der Waals surface area contributed by atoms with Gasteiger partial charge < -0.3 is 21.3 Å². The smallest absolute Gasteiger partial charge is 0.222 e. The highest BCUT2D eigenvalue weighted by Gasteiger charge is 2.26. The van der Waals surface area contributed by atoms with E-state index in [-0.39, 0.29) is 6.04 Å². The standard InChI is InChI=1S/C17H24N6/c1-12(13-6-4-3-5-7-13)20-9-14-8-16(22-17(18)21-14)23-10-15(11-23)19-2/h3-8,12,15,19-20H,9-11H2,1-2H3,(H2,18,21,22)/t12-/m1/s1. The number of nitrogen functional groups attached to an aromatic ring is 1. The third-order valence-electron chi connectivity index (χ3n) is 4.29. The van der Waals surface area contributed by atoms with E-state index < -0.39 is 0 Å². The van der Waals surface area contributed by atoms with Gasteiger partial charge >= 0.3 is 0 Å². The molecule has 122 valence electrons. The van der Waals surface area contributed by atoms with Crippen molar-refractivity contribution in [2.75, 3.05) is 30.8 Å². The fraction of sp³-hybridized carbons (Fsp3) is 0.412. The Morgan fingerprint density at radius 2 is 2.00 bits per heavy atom. The van der Waals surface area contributed by atoms with Crippen molar-refractivity contribution in [3.63, 3.8) is 0 Å². The van der Waals surface area contributed by atoms with Crippen LogP contribution in [0.1, 0.15) is 24.2 Å². The van der Waals surface area contributed by atoms with Crippen LogP contribution in [0.4, 0.5) is 11.8 Å². The van der Waals surface area contributed by atoms with Crippen molar-refractivity contribution < 1.29 is 0 Å². The molecule has 0 spiro atoms. The van der Waals surface area contributed by atoms with Crippen LogP contribution in [0.5, 0.6) is 0 Å². The lowest BCUT2D eigenvalue weighted by molar-refractivity contribution is 0.446. The minimum Gasteiger partial charge on any atom is -0.368 e. The molecule has 6 nitrogen and oxygen atoms in total. The lowest BCUT2D eigenvalue weighted by Gasteiger charge is -2.40. The first-order chi connectivity index (χ1) is 11.2. The summed E-state index contributed by atoms with van der Waals surface area (Å²) in [7, 11) is 1.98. The molecule has 1 fully saturated rings. The zero-order chi connectivity index (χ0) is 16.2. The van der Waals surface area contributed by atoms with Gasteiger partial charge in [0.25, 0.3) is 0 Å². The molecule has 0 unspecified atom stereocenters. The van der Waals surface area contributed by atoms with E-state index >= 15 is 0 Å². The highest BCUT2D eigenvalue weighted by atomic mass is 15.3. The van der Waals surface area contributed by atoms with Gasteiger partial charge in [-0.1, -0.05) is 30.3 Å². The van der Waals surface area contributed by atoms with Crippen LogP contribution in [0.25, 0.3) is 0 Å². The molecule has 6 heteroatoms. The van der Waals surface area contributed by atoms with Crippen LogP contribution in [-0.2, 0) is 6.54 Å². The highest BCUT2D eigenvalue weighted by Crippen LogP contribution is 2.20. The lowest BCUT2D eigenvalue weighted by Crippen LogP contribution is -2.57. The molecule has 2 heterocycles. The van der Waals surface area contributed by atoms with E-state index in [2.05, 4.69) is 56.7 Å². The van der Waals surface area contributed by atoms with Crippen molar-refractivity contribution in [2.45, 2.75) is 25.6 Å². The summed E-state index contributed by atoms with van der Waals surface area (Å²) < 4.78 is 0. The summed E-state index contributed by atoms with van der Waals surface area (Å²) in [6.45, 7) is 4.73. The van der Waals surface area contributed by atoms with Crippen molar-refractivity contribution in [1.82, 2.24) is 20.6 Å². The summed E-state index contributed by atoms with van der Waals surface area (Å²) in [6.07, 6.45) is 0. The normalized spacial score (nSPS) is 16.2. The molecule has 0 amide bonds. The van der Waals surface area contributed by atoms with E-state index in [4.69, 9.17) is 5.73 Å². The van der Waals surface area contributed by atoms with Gasteiger partial charge in [0.15, 0.2) is 0 Å². The van der Waals surface area contributed by atoms with Gasteiger partial charge in [0.1, 0.15) is 5.82 Å². The summed E-state index contributed by atoms with van der Waals surface area (Å²) in [6, 6.07) is 13.2. The fourth-order valence-electron chi connectivity index (χ4n) is 2.72. The van der Waals surface area contributed by atoms with Crippen molar-refractivity contribution in [1.29, 1.82) is 0 Å². The van der Waals surface area contributed by atoms with E-state index in [1.165, 1.54) is 5.56 Å². The number of nitrogens with zero attached hydrogens (tertiary/aromatic N) is 3. The Morgan fingerprint density at radius 1 is 1.26 bits per heavy atom. The molecule has 1 aromatic heterocycles. The van der Waals surface area contributed by atoms with Crippen molar-refractivity contribution in [3.05, 3.63) is 47.7 Å². The molecule has 0 saturated carbocycles. The zero-order valence-electron chi connectivity index (χ0n) is 13.7. The first kappa shape index (κ1) is 15.7. The Labute approximate surface area is 137 Å². The summed E-state index contributed by atoms with van der Waals surface area (Å²) in [5, 5.41) is 6.75. The largest absolute Gasteiger partial charge is 0.368 e. The van der Waals surface area contributed by atoms with Crippen LogP contribution in [0, 0.1) is 0 Å². The topological polar surface area (TPSA) is 79.1 Å². The zero-order valence-corrected chi connectivity index (χ0v) is 13.7. The second-order valence-corrected chi connectivity index (χ2v) is 5.98. The Bertz CT molecular complexity index is 639. The third-order valence-corrected chi connectivity index (χ3v) is 4.29. The number of rotatable bonds is 6. The minimum absolute atomic E-state index is 0.258. The van der Waals surface area contributed by atoms with Crippen molar-refractivity contribution >= 4 is 11.8 Å².